The van der Waals surface area contributed by atoms with Crippen LogP contribution in [0.15, 0.2) is 41.7 Å². The lowest BCUT2D eigenvalue weighted by Crippen LogP contribution is -2.60. The number of nitrogens with one attached hydrogen (secondary N) is 1. The number of allylic oxidation sites excluding steroid dienone is 4. The highest BCUT2D eigenvalue weighted by molar-refractivity contribution is 6.19. The minimum absolute atomic E-state index is 0.0658. The van der Waals surface area contributed by atoms with Crippen LogP contribution in [0.25, 0.3) is 0 Å². The van der Waals surface area contributed by atoms with Crippen molar-refractivity contribution < 1.29 is 49.4 Å². The van der Waals surface area contributed by atoms with Crippen LogP contribution < -0.4 is 10.1 Å². The summed E-state index contributed by atoms with van der Waals surface area (Å²) in [5, 5.41) is 54.3. The number of benzene rings is 1. The zero-order valence-electron chi connectivity index (χ0n) is 22.8. The van der Waals surface area contributed by atoms with Crippen LogP contribution >= 0.6 is 0 Å². The van der Waals surface area contributed by atoms with E-state index in [0.717, 1.165) is 31.3 Å². The smallest absolute Gasteiger partial charge is 0.229 e. The number of carbonyl (C=O) groups excluding carboxylic acids is 3. The van der Waals surface area contributed by atoms with E-state index in [9.17, 15) is 39.9 Å². The van der Waals surface area contributed by atoms with Gasteiger partial charge in [0.1, 0.15) is 41.7 Å². The molecule has 6 N–H and O–H groups in total. The topological polar surface area (TPSA) is 183 Å². The molecule has 0 unspecified atom stereocenters. The predicted molar refractivity (Wildman–Crippen MR) is 144 cm³/mol. The Hall–Kier alpha value is -2.93. The molecule has 4 aliphatic rings. The summed E-state index contributed by atoms with van der Waals surface area (Å²) in [5.74, 6) is -2.68. The normalized spacial score (nSPS) is 35.2. The molecule has 5 rings (SSSR count). The zero-order chi connectivity index (χ0) is 29.4. The summed E-state index contributed by atoms with van der Waals surface area (Å²) in [7, 11) is 0. The van der Waals surface area contributed by atoms with Crippen LogP contribution in [0.5, 0.6) is 5.75 Å². The Morgan fingerprint density at radius 2 is 1.78 bits per heavy atom. The maximum atomic E-state index is 13.7. The largest absolute Gasteiger partial charge is 0.511 e. The number of hydrogen-bond acceptors (Lipinski definition) is 11. The summed E-state index contributed by atoms with van der Waals surface area (Å²) in [6.45, 7) is 1.28. The van der Waals surface area contributed by atoms with Crippen LogP contribution in [0.1, 0.15) is 59.7 Å². The molecule has 3 aliphatic carbocycles. The third-order valence-electron chi connectivity index (χ3n) is 8.63. The zero-order valence-corrected chi connectivity index (χ0v) is 22.8. The first-order chi connectivity index (χ1) is 19.6. The number of Topliss-reactive ketones (excluding diaryl/α,β-unsaturated/α-hetero) is 3. The molecule has 0 radical (unpaired) electrons. The molecule has 1 heterocycles. The monoisotopic (exact) mass is 571 g/mol. The molecule has 7 atom stereocenters. The number of ketones is 3. The predicted octanol–water partition coefficient (Wildman–Crippen LogP) is 0.986. The molecule has 0 spiro atoms. The molecule has 1 saturated carbocycles. The fraction of sp³-hybridized carbons (Fsp3) is 0.567. The Labute approximate surface area is 237 Å². The molecule has 41 heavy (non-hydrogen) atoms. The highest BCUT2D eigenvalue weighted by Gasteiger charge is 2.48. The van der Waals surface area contributed by atoms with E-state index in [1.807, 2.05) is 0 Å². The van der Waals surface area contributed by atoms with Crippen LogP contribution in [-0.4, -0.2) is 92.8 Å². The molecule has 0 amide bonds. The van der Waals surface area contributed by atoms with Gasteiger partial charge in [-0.1, -0.05) is 18.2 Å². The maximum Gasteiger partial charge on any atom is 0.229 e. The second-order valence-corrected chi connectivity index (χ2v) is 11.5. The minimum Gasteiger partial charge on any atom is -0.511 e. The summed E-state index contributed by atoms with van der Waals surface area (Å²) >= 11 is 0. The Bertz CT molecular complexity index is 1250. The molecule has 1 saturated heterocycles. The SMILES string of the molecule is CC(=O)CNC1CCC(CC2=C[C@H]3C(=O)c4cccc(O[C@H]5O[C@H](CO)[C@@H](O)[C@H](O)[C@H]5O)c4C(=O)[C@@H]3C(O)=C2)CC1. The molecule has 1 aromatic rings. The molecule has 11 heteroatoms. The third kappa shape index (κ3) is 5.88. The lowest BCUT2D eigenvalue weighted by molar-refractivity contribution is -0.277. The van der Waals surface area contributed by atoms with Crippen LogP contribution in [-0.2, 0) is 9.53 Å². The van der Waals surface area contributed by atoms with Gasteiger partial charge in [0.2, 0.25) is 6.29 Å². The van der Waals surface area contributed by atoms with E-state index in [1.54, 1.807) is 19.1 Å². The molecule has 0 aromatic heterocycles. The standard InChI is InChI=1S/C30H37NO10/c1-14(33)12-31-17-7-5-15(6-8-17)9-16-10-19-23(20(34)11-16)27(37)24-18(25(19)35)3-2-4-21(24)40-30-29(39)28(38)26(36)22(13-32)41-30/h2-4,10-11,15,17,19,22-23,26,28-32,34,36,38-39H,5-9,12-13H2,1H3/t15?,17?,19-,22-,23+,26-,28+,29-,30+/m1/s1. The molecule has 11 nitrogen and oxygen atoms in total. The van der Waals surface area contributed by atoms with Crippen molar-refractivity contribution in [3.05, 3.63) is 52.8 Å². The fourth-order valence-electron chi connectivity index (χ4n) is 6.40. The second-order valence-electron chi connectivity index (χ2n) is 11.5. The first-order valence-electron chi connectivity index (χ1n) is 14.1. The van der Waals surface area contributed by atoms with Gasteiger partial charge in [-0.3, -0.25) is 14.4 Å². The number of aliphatic hydroxyl groups is 5. The summed E-state index contributed by atoms with van der Waals surface area (Å²) < 4.78 is 11.2. The Balaban J connectivity index is 1.32. The molecule has 2 fully saturated rings. The highest BCUT2D eigenvalue weighted by Crippen LogP contribution is 2.43. The van der Waals surface area contributed by atoms with Crippen LogP contribution in [0.2, 0.25) is 0 Å². The van der Waals surface area contributed by atoms with Crippen molar-refractivity contribution >= 4 is 17.3 Å². The van der Waals surface area contributed by atoms with Gasteiger partial charge in [-0.25, -0.2) is 0 Å². The third-order valence-corrected chi connectivity index (χ3v) is 8.63. The van der Waals surface area contributed by atoms with E-state index in [1.165, 1.54) is 18.2 Å². The average Bonchev–Trinajstić information content (AvgIpc) is 2.95. The summed E-state index contributed by atoms with van der Waals surface area (Å²) in [6, 6.07) is 4.74. The number of ether oxygens (including phenoxy) is 2. The molecule has 222 valence electrons. The Kier molecular flexibility index (Phi) is 8.74. The van der Waals surface area contributed by atoms with Gasteiger partial charge in [0.05, 0.1) is 30.6 Å². The number of carbonyl (C=O) groups is 3. The van der Waals surface area contributed by atoms with Crippen LogP contribution in [0.3, 0.4) is 0 Å². The van der Waals surface area contributed by atoms with Gasteiger partial charge < -0.3 is 40.3 Å². The van der Waals surface area contributed by atoms with Gasteiger partial charge in [0.25, 0.3) is 0 Å². The first-order valence-corrected chi connectivity index (χ1v) is 14.1. The van der Waals surface area contributed by atoms with Gasteiger partial charge in [-0.15, -0.1) is 0 Å². The summed E-state index contributed by atoms with van der Waals surface area (Å²) in [6.07, 6.45) is 0.100. The molecular formula is C30H37NO10. The first kappa shape index (κ1) is 29.6. The average molecular weight is 572 g/mol. The quantitative estimate of drug-likeness (QED) is 0.262. The van der Waals surface area contributed by atoms with Gasteiger partial charge >= 0.3 is 0 Å². The van der Waals surface area contributed by atoms with Gasteiger partial charge in [0.15, 0.2) is 11.6 Å². The van der Waals surface area contributed by atoms with Crippen molar-refractivity contribution in [1.82, 2.24) is 5.32 Å². The van der Waals surface area contributed by atoms with Gasteiger partial charge in [-0.05, 0) is 62.7 Å². The van der Waals surface area contributed by atoms with Gasteiger partial charge in [0, 0.05) is 11.6 Å². The van der Waals surface area contributed by atoms with Crippen molar-refractivity contribution in [2.24, 2.45) is 17.8 Å². The lowest BCUT2D eigenvalue weighted by Gasteiger charge is -2.40. The van der Waals surface area contributed by atoms with Crippen molar-refractivity contribution in [1.29, 1.82) is 0 Å². The number of fused-ring (bicyclic) bond motifs is 2. The summed E-state index contributed by atoms with van der Waals surface area (Å²) in [4.78, 5) is 38.6. The van der Waals surface area contributed by atoms with Crippen molar-refractivity contribution in [3.8, 4) is 5.75 Å². The fourth-order valence-corrected chi connectivity index (χ4v) is 6.40. The van der Waals surface area contributed by atoms with Gasteiger partial charge in [-0.2, -0.15) is 0 Å². The highest BCUT2D eigenvalue weighted by atomic mass is 16.7. The van der Waals surface area contributed by atoms with Crippen LogP contribution in [0, 0.1) is 17.8 Å². The van der Waals surface area contributed by atoms with E-state index in [2.05, 4.69) is 5.32 Å². The maximum absolute atomic E-state index is 13.7. The molecule has 1 aliphatic heterocycles. The van der Waals surface area contributed by atoms with E-state index in [0.29, 0.717) is 24.9 Å². The number of rotatable bonds is 8. The molecular weight excluding hydrogens is 534 g/mol. The molecule has 1 aromatic carbocycles. The number of aliphatic hydroxyl groups excluding tert-OH is 5. The molecule has 0 bridgehead atoms. The van der Waals surface area contributed by atoms with Crippen molar-refractivity contribution in [2.75, 3.05) is 13.2 Å². The van der Waals surface area contributed by atoms with E-state index in [4.69, 9.17) is 9.47 Å². The Morgan fingerprint density at radius 3 is 2.46 bits per heavy atom. The van der Waals surface area contributed by atoms with Crippen molar-refractivity contribution in [3.63, 3.8) is 0 Å². The lowest BCUT2D eigenvalue weighted by atomic mass is 9.69. The summed E-state index contributed by atoms with van der Waals surface area (Å²) in [5.41, 5.74) is 0.854. The van der Waals surface area contributed by atoms with E-state index < -0.39 is 54.9 Å². The van der Waals surface area contributed by atoms with Crippen molar-refractivity contribution in [2.45, 2.75) is 75.8 Å². The van der Waals surface area contributed by atoms with Crippen LogP contribution in [0.4, 0.5) is 0 Å². The Morgan fingerprint density at radius 1 is 1.05 bits per heavy atom. The number of hydrogen-bond donors (Lipinski definition) is 6. The van der Waals surface area contributed by atoms with E-state index in [-0.39, 0.29) is 34.2 Å². The van der Waals surface area contributed by atoms with E-state index >= 15 is 0 Å². The second kappa shape index (κ2) is 12.1. The minimum atomic E-state index is -1.70.